The van der Waals surface area contributed by atoms with E-state index in [9.17, 15) is 0 Å². The van der Waals surface area contributed by atoms with Crippen LogP contribution in [0.25, 0.3) is 0 Å². The van der Waals surface area contributed by atoms with Crippen LogP contribution in [0.15, 0.2) is 24.3 Å². The maximum Gasteiger partial charge on any atom is 0.0346 e. The fourth-order valence-corrected chi connectivity index (χ4v) is 2.94. The Morgan fingerprint density at radius 1 is 1.05 bits per heavy atom. The maximum absolute atomic E-state index is 3.54. The van der Waals surface area contributed by atoms with Crippen molar-refractivity contribution in [2.24, 2.45) is 5.92 Å². The van der Waals surface area contributed by atoms with Gasteiger partial charge >= 0.3 is 0 Å². The molecule has 0 radical (unpaired) electrons. The van der Waals surface area contributed by atoms with E-state index in [0.717, 1.165) is 5.92 Å². The van der Waals surface area contributed by atoms with Crippen molar-refractivity contribution in [1.82, 2.24) is 5.32 Å². The highest BCUT2D eigenvalue weighted by Gasteiger charge is 2.20. The molecule has 1 nitrogen and oxygen atoms in total. The quantitative estimate of drug-likeness (QED) is 0.696. The summed E-state index contributed by atoms with van der Waals surface area (Å²) in [6.45, 7) is 11.4. The van der Waals surface area contributed by atoms with E-state index in [1.165, 1.54) is 36.8 Å². The average Bonchev–Trinajstić information content (AvgIpc) is 2.42. The minimum atomic E-state index is 0.236. The van der Waals surface area contributed by atoms with Crippen molar-refractivity contribution in [3.63, 3.8) is 0 Å². The molecule has 2 unspecified atom stereocenters. The zero-order chi connectivity index (χ0) is 15.2. The van der Waals surface area contributed by atoms with Gasteiger partial charge in [0.2, 0.25) is 0 Å². The summed E-state index contributed by atoms with van der Waals surface area (Å²) < 4.78 is 0. The van der Waals surface area contributed by atoms with Crippen molar-refractivity contribution < 1.29 is 0 Å². The second kappa shape index (κ2) is 7.83. The maximum atomic E-state index is 3.54. The zero-order valence-corrected chi connectivity index (χ0v) is 14.3. The lowest BCUT2D eigenvalue weighted by molar-refractivity contribution is 0.339. The van der Waals surface area contributed by atoms with Crippen LogP contribution >= 0.6 is 0 Å². The number of hydrogen-bond acceptors (Lipinski definition) is 1. The highest BCUT2D eigenvalue weighted by molar-refractivity contribution is 5.29. The summed E-state index contributed by atoms with van der Waals surface area (Å²) in [6.07, 6.45) is 5.18. The van der Waals surface area contributed by atoms with Crippen LogP contribution in [0.4, 0.5) is 0 Å². The number of nitrogens with one attached hydrogen (secondary N) is 1. The van der Waals surface area contributed by atoms with E-state index in [1.807, 2.05) is 0 Å². The molecule has 2 atom stereocenters. The molecule has 20 heavy (non-hydrogen) atoms. The predicted molar refractivity (Wildman–Crippen MR) is 90.2 cm³/mol. The van der Waals surface area contributed by atoms with Gasteiger partial charge in [-0.3, -0.25) is 0 Å². The van der Waals surface area contributed by atoms with Gasteiger partial charge in [0.1, 0.15) is 0 Å². The lowest BCUT2D eigenvalue weighted by Gasteiger charge is -2.27. The molecular weight excluding hydrogens is 242 g/mol. The molecule has 0 aliphatic heterocycles. The average molecular weight is 275 g/mol. The molecule has 0 spiro atoms. The van der Waals surface area contributed by atoms with Crippen molar-refractivity contribution in [2.75, 3.05) is 7.05 Å². The van der Waals surface area contributed by atoms with Gasteiger partial charge in [0.05, 0.1) is 0 Å². The topological polar surface area (TPSA) is 12.0 Å². The smallest absolute Gasteiger partial charge is 0.0346 e. The van der Waals surface area contributed by atoms with Crippen molar-refractivity contribution in [3.05, 3.63) is 35.4 Å². The van der Waals surface area contributed by atoms with Crippen LogP contribution in [0.1, 0.15) is 77.5 Å². The Bertz CT molecular complexity index is 372. The first-order valence-electron chi connectivity index (χ1n) is 8.21. The van der Waals surface area contributed by atoms with Gasteiger partial charge < -0.3 is 5.32 Å². The van der Waals surface area contributed by atoms with Gasteiger partial charge in [-0.1, -0.05) is 78.1 Å². The Balaban J connectivity index is 2.88. The van der Waals surface area contributed by atoms with Gasteiger partial charge in [0.25, 0.3) is 0 Å². The lowest BCUT2D eigenvalue weighted by Crippen LogP contribution is -2.25. The molecule has 1 aromatic carbocycles. The van der Waals surface area contributed by atoms with Crippen molar-refractivity contribution in [3.8, 4) is 0 Å². The fourth-order valence-electron chi connectivity index (χ4n) is 2.94. The lowest BCUT2D eigenvalue weighted by atomic mass is 9.83. The summed E-state index contributed by atoms with van der Waals surface area (Å²) in [6, 6.07) is 9.71. The molecule has 0 bridgehead atoms. The third-order valence-corrected chi connectivity index (χ3v) is 4.37. The minimum Gasteiger partial charge on any atom is -0.313 e. The zero-order valence-electron chi connectivity index (χ0n) is 14.3. The molecule has 1 heteroatoms. The van der Waals surface area contributed by atoms with E-state index in [2.05, 4.69) is 71.2 Å². The molecule has 0 aromatic heterocycles. The van der Waals surface area contributed by atoms with Crippen molar-refractivity contribution in [2.45, 2.75) is 71.8 Å². The fraction of sp³-hybridized carbons (Fsp3) is 0.684. The SMILES string of the molecule is CCCCC(CC)C(NC)c1ccc(C(C)(C)C)cc1. The highest BCUT2D eigenvalue weighted by Crippen LogP contribution is 2.30. The van der Waals surface area contributed by atoms with Crippen LogP contribution in [0, 0.1) is 5.92 Å². The molecule has 0 amide bonds. The molecule has 1 N–H and O–H groups in total. The van der Waals surface area contributed by atoms with Gasteiger partial charge in [0, 0.05) is 6.04 Å². The van der Waals surface area contributed by atoms with E-state index in [-0.39, 0.29) is 5.41 Å². The van der Waals surface area contributed by atoms with E-state index >= 15 is 0 Å². The standard InChI is InChI=1S/C19H33N/c1-7-9-10-15(8-2)18(20-6)16-11-13-17(14-12-16)19(3,4)5/h11-15,18,20H,7-10H2,1-6H3. The van der Waals surface area contributed by atoms with Gasteiger partial charge in [-0.25, -0.2) is 0 Å². The van der Waals surface area contributed by atoms with Crippen molar-refractivity contribution in [1.29, 1.82) is 0 Å². The Labute approximate surface area is 126 Å². The molecule has 0 saturated carbocycles. The molecular formula is C19H33N. The van der Waals surface area contributed by atoms with E-state index in [4.69, 9.17) is 0 Å². The first kappa shape index (κ1) is 17.2. The summed E-state index contributed by atoms with van der Waals surface area (Å²) in [5.74, 6) is 0.737. The minimum absolute atomic E-state index is 0.236. The monoisotopic (exact) mass is 275 g/mol. The van der Waals surface area contributed by atoms with Crippen LogP contribution < -0.4 is 5.32 Å². The number of rotatable bonds is 7. The number of unbranched alkanes of at least 4 members (excludes halogenated alkanes) is 1. The van der Waals surface area contributed by atoms with Crippen LogP contribution in [0.2, 0.25) is 0 Å². The number of hydrogen-bond donors (Lipinski definition) is 1. The summed E-state index contributed by atoms with van der Waals surface area (Å²) in [5.41, 5.74) is 3.08. The van der Waals surface area contributed by atoms with Crippen LogP contribution in [0.3, 0.4) is 0 Å². The van der Waals surface area contributed by atoms with Gasteiger partial charge in [0.15, 0.2) is 0 Å². The van der Waals surface area contributed by atoms with E-state index in [1.54, 1.807) is 0 Å². The summed E-state index contributed by atoms with van der Waals surface area (Å²) in [5, 5.41) is 3.54. The van der Waals surface area contributed by atoms with Gasteiger partial charge in [-0.05, 0) is 35.9 Å². The molecule has 0 fully saturated rings. The second-order valence-corrected chi connectivity index (χ2v) is 6.95. The summed E-state index contributed by atoms with van der Waals surface area (Å²) >= 11 is 0. The Kier molecular flexibility index (Phi) is 6.75. The molecule has 0 saturated heterocycles. The highest BCUT2D eigenvalue weighted by atomic mass is 14.9. The normalized spacial score (nSPS) is 15.1. The largest absolute Gasteiger partial charge is 0.313 e. The van der Waals surface area contributed by atoms with E-state index in [0.29, 0.717) is 6.04 Å². The Hall–Kier alpha value is -0.820. The van der Waals surface area contributed by atoms with Crippen LogP contribution in [-0.2, 0) is 5.41 Å². The third kappa shape index (κ3) is 4.63. The first-order valence-corrected chi connectivity index (χ1v) is 8.21. The third-order valence-electron chi connectivity index (χ3n) is 4.37. The molecule has 0 aliphatic carbocycles. The Morgan fingerprint density at radius 3 is 2.05 bits per heavy atom. The molecule has 1 rings (SSSR count). The Morgan fingerprint density at radius 2 is 1.65 bits per heavy atom. The first-order chi connectivity index (χ1) is 9.43. The van der Waals surface area contributed by atoms with Gasteiger partial charge in [-0.15, -0.1) is 0 Å². The molecule has 0 heterocycles. The van der Waals surface area contributed by atoms with Crippen LogP contribution in [0.5, 0.6) is 0 Å². The second-order valence-electron chi connectivity index (χ2n) is 6.95. The van der Waals surface area contributed by atoms with Crippen molar-refractivity contribution >= 4 is 0 Å². The summed E-state index contributed by atoms with van der Waals surface area (Å²) in [4.78, 5) is 0. The molecule has 1 aromatic rings. The van der Waals surface area contributed by atoms with Gasteiger partial charge in [-0.2, -0.15) is 0 Å². The predicted octanol–water partition coefficient (Wildman–Crippen LogP) is 5.46. The van der Waals surface area contributed by atoms with Crippen LogP contribution in [-0.4, -0.2) is 7.05 Å². The summed E-state index contributed by atoms with van der Waals surface area (Å²) in [7, 11) is 2.09. The number of benzene rings is 1. The molecule has 114 valence electrons. The molecule has 0 aliphatic rings. The van der Waals surface area contributed by atoms with E-state index < -0.39 is 0 Å².